The van der Waals surface area contributed by atoms with Crippen LogP contribution in [0, 0.1) is 0 Å². The first-order valence-electron chi connectivity index (χ1n) is 5.46. The van der Waals surface area contributed by atoms with E-state index in [2.05, 4.69) is 12.2 Å². The largest absolute Gasteiger partial charge is 0.478 e. The van der Waals surface area contributed by atoms with Gasteiger partial charge in [-0.15, -0.1) is 0 Å². The smallest absolute Gasteiger partial charge is 0.328 e. The highest BCUT2D eigenvalue weighted by molar-refractivity contribution is 7.99. The number of amides is 1. The van der Waals surface area contributed by atoms with Crippen molar-refractivity contribution < 1.29 is 14.7 Å². The summed E-state index contributed by atoms with van der Waals surface area (Å²) in [6.45, 7) is 2.10. The van der Waals surface area contributed by atoms with E-state index in [1.165, 1.54) is 0 Å². The van der Waals surface area contributed by atoms with Crippen molar-refractivity contribution in [1.29, 1.82) is 0 Å². The number of rotatable bonds is 5. The van der Waals surface area contributed by atoms with Crippen LogP contribution in [0.3, 0.4) is 0 Å². The third kappa shape index (κ3) is 4.26. The lowest BCUT2D eigenvalue weighted by Crippen LogP contribution is -2.37. The van der Waals surface area contributed by atoms with Crippen molar-refractivity contribution in [1.82, 2.24) is 5.32 Å². The van der Waals surface area contributed by atoms with Crippen molar-refractivity contribution in [2.24, 2.45) is 0 Å². The third-order valence-electron chi connectivity index (χ3n) is 2.54. The lowest BCUT2D eigenvalue weighted by atomic mass is 10.2. The molecule has 0 spiro atoms. The van der Waals surface area contributed by atoms with Crippen molar-refractivity contribution in [2.75, 3.05) is 5.75 Å². The number of thioether (sulfide) groups is 1. The van der Waals surface area contributed by atoms with E-state index in [0.717, 1.165) is 37.2 Å². The fraction of sp³-hybridized carbons (Fsp3) is 0.636. The van der Waals surface area contributed by atoms with Crippen LogP contribution < -0.4 is 5.32 Å². The van der Waals surface area contributed by atoms with Gasteiger partial charge in [-0.05, 0) is 18.6 Å². The van der Waals surface area contributed by atoms with Crippen molar-refractivity contribution in [3.05, 3.63) is 12.2 Å². The van der Waals surface area contributed by atoms with E-state index in [1.807, 2.05) is 11.8 Å². The van der Waals surface area contributed by atoms with Gasteiger partial charge in [0, 0.05) is 23.4 Å². The molecule has 0 aromatic heterocycles. The molecule has 5 heteroatoms. The fourth-order valence-electron chi connectivity index (χ4n) is 1.88. The first-order chi connectivity index (χ1) is 7.63. The zero-order valence-corrected chi connectivity index (χ0v) is 10.1. The number of carboxylic acid groups (broad SMARTS) is 1. The number of carbonyl (C=O) groups excluding carboxylic acids is 1. The third-order valence-corrected chi connectivity index (χ3v) is 3.86. The number of hydrogen-bond acceptors (Lipinski definition) is 3. The summed E-state index contributed by atoms with van der Waals surface area (Å²) in [7, 11) is 0. The predicted molar refractivity (Wildman–Crippen MR) is 64.5 cm³/mol. The van der Waals surface area contributed by atoms with Gasteiger partial charge in [0.15, 0.2) is 0 Å². The Bertz CT molecular complexity index is 291. The zero-order chi connectivity index (χ0) is 12.0. The van der Waals surface area contributed by atoms with Crippen LogP contribution in [0.15, 0.2) is 12.2 Å². The second-order valence-electron chi connectivity index (χ2n) is 3.71. The molecule has 1 fully saturated rings. The highest BCUT2D eigenvalue weighted by atomic mass is 32.2. The van der Waals surface area contributed by atoms with Crippen LogP contribution >= 0.6 is 11.8 Å². The first-order valence-corrected chi connectivity index (χ1v) is 6.51. The van der Waals surface area contributed by atoms with E-state index in [1.54, 1.807) is 0 Å². The van der Waals surface area contributed by atoms with Gasteiger partial charge in [0.25, 0.3) is 0 Å². The summed E-state index contributed by atoms with van der Waals surface area (Å²) >= 11 is 1.86. The molecular weight excluding hydrogens is 226 g/mol. The molecule has 16 heavy (non-hydrogen) atoms. The number of carboxylic acids is 1. The Morgan fingerprint density at radius 1 is 1.44 bits per heavy atom. The monoisotopic (exact) mass is 243 g/mol. The number of nitrogens with one attached hydrogen (secondary N) is 1. The van der Waals surface area contributed by atoms with Gasteiger partial charge in [-0.3, -0.25) is 4.79 Å². The van der Waals surface area contributed by atoms with Gasteiger partial charge < -0.3 is 10.4 Å². The van der Waals surface area contributed by atoms with Crippen LogP contribution in [-0.2, 0) is 9.59 Å². The Balaban J connectivity index is 2.40. The van der Waals surface area contributed by atoms with E-state index in [9.17, 15) is 9.59 Å². The molecule has 90 valence electrons. The molecule has 1 aliphatic carbocycles. The molecule has 1 rings (SSSR count). The molecule has 1 amide bonds. The molecule has 0 bridgehead atoms. The highest BCUT2D eigenvalue weighted by Gasteiger charge is 2.27. The summed E-state index contributed by atoms with van der Waals surface area (Å²) in [5.41, 5.74) is 0. The Labute approximate surface area is 99.5 Å². The minimum Gasteiger partial charge on any atom is -0.478 e. The van der Waals surface area contributed by atoms with E-state index in [4.69, 9.17) is 5.11 Å². The van der Waals surface area contributed by atoms with Gasteiger partial charge in [-0.25, -0.2) is 4.79 Å². The number of aliphatic carboxylic acids is 1. The molecule has 0 aliphatic heterocycles. The van der Waals surface area contributed by atoms with Crippen molar-refractivity contribution in [3.8, 4) is 0 Å². The van der Waals surface area contributed by atoms with E-state index in [-0.39, 0.29) is 11.9 Å². The topological polar surface area (TPSA) is 66.4 Å². The predicted octanol–water partition coefficient (Wildman–Crippen LogP) is 1.42. The van der Waals surface area contributed by atoms with Gasteiger partial charge >= 0.3 is 5.97 Å². The summed E-state index contributed by atoms with van der Waals surface area (Å²) in [6, 6.07) is 0.191. The summed E-state index contributed by atoms with van der Waals surface area (Å²) in [6.07, 6.45) is 5.20. The molecule has 4 nitrogen and oxygen atoms in total. The first kappa shape index (κ1) is 13.1. The molecule has 1 aliphatic rings. The average Bonchev–Trinajstić information content (AvgIpc) is 2.63. The van der Waals surface area contributed by atoms with E-state index >= 15 is 0 Å². The molecule has 1 saturated carbocycles. The normalized spacial score (nSPS) is 24.8. The Hall–Kier alpha value is -0.970. The maximum absolute atomic E-state index is 11.4. The van der Waals surface area contributed by atoms with Crippen molar-refractivity contribution >= 4 is 23.6 Å². The van der Waals surface area contributed by atoms with Crippen molar-refractivity contribution in [3.63, 3.8) is 0 Å². The van der Waals surface area contributed by atoms with Crippen molar-refractivity contribution in [2.45, 2.75) is 37.5 Å². The number of carbonyl (C=O) groups is 2. The molecule has 0 aromatic rings. The second kappa shape index (κ2) is 6.58. The maximum atomic E-state index is 11.4. The zero-order valence-electron chi connectivity index (χ0n) is 9.31. The van der Waals surface area contributed by atoms with Gasteiger partial charge in [-0.1, -0.05) is 13.3 Å². The van der Waals surface area contributed by atoms with E-state index < -0.39 is 5.97 Å². The highest BCUT2D eigenvalue weighted by Crippen LogP contribution is 2.29. The van der Waals surface area contributed by atoms with Gasteiger partial charge in [0.2, 0.25) is 5.91 Å². The maximum Gasteiger partial charge on any atom is 0.328 e. The summed E-state index contributed by atoms with van der Waals surface area (Å²) in [5, 5.41) is 11.7. The quantitative estimate of drug-likeness (QED) is 0.717. The Morgan fingerprint density at radius 3 is 2.81 bits per heavy atom. The summed E-state index contributed by atoms with van der Waals surface area (Å²) in [5.74, 6) is -0.362. The molecule has 2 atom stereocenters. The Kier molecular flexibility index (Phi) is 5.38. The molecule has 2 N–H and O–H groups in total. The van der Waals surface area contributed by atoms with Crippen LogP contribution in [0.1, 0.15) is 26.2 Å². The van der Waals surface area contributed by atoms with Crippen LogP contribution in [0.5, 0.6) is 0 Å². The van der Waals surface area contributed by atoms with Crippen LogP contribution in [-0.4, -0.2) is 34.0 Å². The van der Waals surface area contributed by atoms with Crippen LogP contribution in [0.2, 0.25) is 0 Å². The average molecular weight is 243 g/mol. The van der Waals surface area contributed by atoms with Crippen LogP contribution in [0.4, 0.5) is 0 Å². The molecule has 0 saturated heterocycles. The van der Waals surface area contributed by atoms with Gasteiger partial charge in [0.05, 0.1) is 0 Å². The van der Waals surface area contributed by atoms with E-state index in [0.29, 0.717) is 5.25 Å². The minimum absolute atomic E-state index is 0.191. The van der Waals surface area contributed by atoms with Crippen LogP contribution in [0.25, 0.3) is 0 Å². The molecule has 0 heterocycles. The van der Waals surface area contributed by atoms with Gasteiger partial charge in [0.1, 0.15) is 0 Å². The SMILES string of the molecule is CCSC1CCCC1NC(=O)/C=C/C(=O)O. The minimum atomic E-state index is -1.10. The summed E-state index contributed by atoms with van der Waals surface area (Å²) in [4.78, 5) is 21.6. The molecular formula is C11H17NO3S. The fourth-order valence-corrected chi connectivity index (χ4v) is 3.08. The Morgan fingerprint density at radius 2 is 2.19 bits per heavy atom. The molecule has 2 unspecified atom stereocenters. The lowest BCUT2D eigenvalue weighted by Gasteiger charge is -2.19. The number of hydrogen-bond donors (Lipinski definition) is 2. The standard InChI is InChI=1S/C11H17NO3S/c1-2-16-9-5-3-4-8(9)12-10(13)6-7-11(14)15/h6-9H,2-5H2,1H3,(H,12,13)(H,14,15)/b7-6+. The lowest BCUT2D eigenvalue weighted by molar-refractivity contribution is -0.131. The molecule has 0 aromatic carbocycles. The molecule has 0 radical (unpaired) electrons. The summed E-state index contributed by atoms with van der Waals surface area (Å²) < 4.78 is 0. The van der Waals surface area contributed by atoms with Gasteiger partial charge in [-0.2, -0.15) is 11.8 Å². The second-order valence-corrected chi connectivity index (χ2v) is 5.23.